The highest BCUT2D eigenvalue weighted by Crippen LogP contribution is 2.34. The fourth-order valence-electron chi connectivity index (χ4n) is 2.90. The summed E-state index contributed by atoms with van der Waals surface area (Å²) < 4.78 is 14.4. The highest BCUT2D eigenvalue weighted by Gasteiger charge is 2.17. The van der Waals surface area contributed by atoms with Crippen LogP contribution < -0.4 is 0 Å². The summed E-state index contributed by atoms with van der Waals surface area (Å²) in [6.45, 7) is 0. The van der Waals surface area contributed by atoms with E-state index in [1.165, 1.54) is 12.5 Å². The Labute approximate surface area is 151 Å². The van der Waals surface area contributed by atoms with Gasteiger partial charge in [0.15, 0.2) is 17.3 Å². The fourth-order valence-corrected chi connectivity index (χ4v) is 2.90. The number of aromatic nitrogens is 8. The van der Waals surface area contributed by atoms with Crippen molar-refractivity contribution >= 4 is 11.2 Å². The third-order valence-corrected chi connectivity index (χ3v) is 4.11. The molecule has 0 bridgehead atoms. The van der Waals surface area contributed by atoms with Gasteiger partial charge in [-0.25, -0.2) is 14.4 Å². The monoisotopic (exact) mass is 358 g/mol. The second kappa shape index (κ2) is 6.06. The summed E-state index contributed by atoms with van der Waals surface area (Å²) in [5, 5.41) is 7.71. The molecule has 0 aliphatic carbocycles. The number of imidazole rings is 1. The molecule has 0 atom stereocenters. The van der Waals surface area contributed by atoms with E-state index in [-0.39, 0.29) is 0 Å². The molecule has 0 saturated heterocycles. The molecule has 0 unspecified atom stereocenters. The first-order valence-corrected chi connectivity index (χ1v) is 8.07. The van der Waals surface area contributed by atoms with Crippen molar-refractivity contribution in [2.75, 3.05) is 0 Å². The highest BCUT2D eigenvalue weighted by molar-refractivity contribution is 5.89. The maximum atomic E-state index is 14.4. The molecule has 0 aliphatic rings. The minimum atomic E-state index is -0.435. The Kier molecular flexibility index (Phi) is 3.42. The lowest BCUT2D eigenvalue weighted by molar-refractivity contribution is 0.625. The largest absolute Gasteiger partial charge is 0.325 e. The summed E-state index contributed by atoms with van der Waals surface area (Å²) >= 11 is 0. The first-order chi connectivity index (χ1) is 13.3. The van der Waals surface area contributed by atoms with Gasteiger partial charge in [0.1, 0.15) is 17.7 Å². The van der Waals surface area contributed by atoms with Crippen molar-refractivity contribution in [3.8, 4) is 34.0 Å². The van der Waals surface area contributed by atoms with Crippen molar-refractivity contribution in [3.05, 3.63) is 61.2 Å². The number of hydrogen-bond acceptors (Lipinski definition) is 6. The lowest BCUT2D eigenvalue weighted by Crippen LogP contribution is -1.94. The molecule has 0 aromatic carbocycles. The van der Waals surface area contributed by atoms with Gasteiger partial charge in [0.05, 0.1) is 11.9 Å². The molecule has 130 valence electrons. The van der Waals surface area contributed by atoms with Gasteiger partial charge in [-0.3, -0.25) is 9.97 Å². The Morgan fingerprint density at radius 2 is 1.85 bits per heavy atom. The number of aromatic amines is 2. The molecule has 0 amide bonds. The predicted molar refractivity (Wildman–Crippen MR) is 95.7 cm³/mol. The first kappa shape index (κ1) is 15.3. The number of fused-ring (bicyclic) bond motifs is 1. The molecule has 5 heterocycles. The topological polar surface area (TPSA) is 109 Å². The molecule has 27 heavy (non-hydrogen) atoms. The van der Waals surface area contributed by atoms with Gasteiger partial charge in [-0.2, -0.15) is 0 Å². The van der Waals surface area contributed by atoms with Crippen molar-refractivity contribution in [1.82, 2.24) is 40.1 Å². The lowest BCUT2D eigenvalue weighted by Gasteiger charge is -2.09. The first-order valence-electron chi connectivity index (χ1n) is 8.07. The molecule has 5 aromatic heterocycles. The summed E-state index contributed by atoms with van der Waals surface area (Å²) in [5.74, 6) is 0.557. The van der Waals surface area contributed by atoms with E-state index >= 15 is 0 Å². The molecule has 9 heteroatoms. The van der Waals surface area contributed by atoms with Crippen molar-refractivity contribution in [3.63, 3.8) is 0 Å². The van der Waals surface area contributed by atoms with Crippen molar-refractivity contribution in [2.45, 2.75) is 0 Å². The molecular formula is C18H11FN8. The molecule has 0 fully saturated rings. The average molecular weight is 358 g/mol. The SMILES string of the molecule is Fc1cnccc1-c1cc2nc(-c3nnc[nH]3)[nH]c2nc1-c1cccnc1. The van der Waals surface area contributed by atoms with Gasteiger partial charge in [-0.05, 0) is 24.3 Å². The molecule has 0 radical (unpaired) electrons. The zero-order chi connectivity index (χ0) is 18.2. The molecule has 2 N–H and O–H groups in total. The summed E-state index contributed by atoms with van der Waals surface area (Å²) in [6, 6.07) is 7.08. The Bertz CT molecular complexity index is 1230. The van der Waals surface area contributed by atoms with Gasteiger partial charge in [-0.1, -0.05) is 0 Å². The van der Waals surface area contributed by atoms with E-state index in [4.69, 9.17) is 0 Å². The average Bonchev–Trinajstić information content (AvgIpc) is 3.37. The molecular weight excluding hydrogens is 347 g/mol. The van der Waals surface area contributed by atoms with E-state index in [1.807, 2.05) is 6.07 Å². The van der Waals surface area contributed by atoms with E-state index in [2.05, 4.69) is 40.1 Å². The van der Waals surface area contributed by atoms with Gasteiger partial charge in [0.25, 0.3) is 0 Å². The van der Waals surface area contributed by atoms with Crippen LogP contribution in [0.25, 0.3) is 45.2 Å². The standard InChI is InChI=1S/C18H11FN8/c19-13-8-21-5-3-11(13)12-6-14-16(25-15(12)10-2-1-4-20-7-10)26-18(24-14)17-22-9-23-27-17/h1-9H,(H,22,23,27)(H,24,25,26). The van der Waals surface area contributed by atoms with Crippen LogP contribution in [0.2, 0.25) is 0 Å². The maximum Gasteiger partial charge on any atom is 0.197 e. The second-order valence-electron chi connectivity index (χ2n) is 5.77. The number of H-pyrrole nitrogens is 2. The minimum Gasteiger partial charge on any atom is -0.325 e. The number of nitrogens with one attached hydrogen (secondary N) is 2. The van der Waals surface area contributed by atoms with E-state index in [0.717, 1.165) is 5.56 Å². The van der Waals surface area contributed by atoms with Gasteiger partial charge in [0.2, 0.25) is 0 Å². The van der Waals surface area contributed by atoms with Crippen LogP contribution in [0.15, 0.2) is 55.4 Å². The number of nitrogens with zero attached hydrogens (tertiary/aromatic N) is 6. The van der Waals surface area contributed by atoms with Gasteiger partial charge in [-0.15, -0.1) is 10.2 Å². The predicted octanol–water partition coefficient (Wildman–Crippen LogP) is 3.01. The Morgan fingerprint density at radius 3 is 2.63 bits per heavy atom. The Hall–Kier alpha value is -4.01. The molecule has 5 aromatic rings. The fraction of sp³-hybridized carbons (Fsp3) is 0. The summed E-state index contributed by atoms with van der Waals surface area (Å²) in [4.78, 5) is 23.2. The van der Waals surface area contributed by atoms with Crippen molar-refractivity contribution in [1.29, 1.82) is 0 Å². The van der Waals surface area contributed by atoms with Crippen LogP contribution in [0.4, 0.5) is 4.39 Å². The number of rotatable bonds is 3. The number of pyridine rings is 3. The molecule has 5 rings (SSSR count). The van der Waals surface area contributed by atoms with Crippen LogP contribution in [0.3, 0.4) is 0 Å². The van der Waals surface area contributed by atoms with Crippen LogP contribution in [-0.2, 0) is 0 Å². The zero-order valence-electron chi connectivity index (χ0n) is 13.8. The zero-order valence-corrected chi connectivity index (χ0v) is 13.8. The van der Waals surface area contributed by atoms with E-state index < -0.39 is 5.82 Å². The normalized spacial score (nSPS) is 11.1. The Balaban J connectivity index is 1.79. The lowest BCUT2D eigenvalue weighted by atomic mass is 10.0. The molecule has 0 saturated carbocycles. The smallest absolute Gasteiger partial charge is 0.197 e. The van der Waals surface area contributed by atoms with Crippen molar-refractivity contribution < 1.29 is 4.39 Å². The quantitative estimate of drug-likeness (QED) is 0.513. The Morgan fingerprint density at radius 1 is 0.926 bits per heavy atom. The number of hydrogen-bond donors (Lipinski definition) is 2. The van der Waals surface area contributed by atoms with E-state index in [9.17, 15) is 4.39 Å². The van der Waals surface area contributed by atoms with Crippen LogP contribution in [-0.4, -0.2) is 40.1 Å². The van der Waals surface area contributed by atoms with Crippen LogP contribution in [0, 0.1) is 5.82 Å². The highest BCUT2D eigenvalue weighted by atomic mass is 19.1. The molecule has 0 aliphatic heterocycles. The van der Waals surface area contributed by atoms with Gasteiger partial charge in [0, 0.05) is 35.3 Å². The number of halogens is 1. The third-order valence-electron chi connectivity index (χ3n) is 4.11. The van der Waals surface area contributed by atoms with Crippen LogP contribution in [0.1, 0.15) is 0 Å². The van der Waals surface area contributed by atoms with Crippen molar-refractivity contribution in [2.24, 2.45) is 0 Å². The molecule has 0 spiro atoms. The van der Waals surface area contributed by atoms with Crippen LogP contribution >= 0.6 is 0 Å². The van der Waals surface area contributed by atoms with E-state index in [0.29, 0.717) is 39.6 Å². The summed E-state index contributed by atoms with van der Waals surface area (Å²) in [5.41, 5.74) is 3.49. The summed E-state index contributed by atoms with van der Waals surface area (Å²) in [6.07, 6.45) is 7.55. The molecule has 8 nitrogen and oxygen atoms in total. The maximum absolute atomic E-state index is 14.4. The van der Waals surface area contributed by atoms with E-state index in [1.54, 1.807) is 36.8 Å². The van der Waals surface area contributed by atoms with Crippen LogP contribution in [0.5, 0.6) is 0 Å². The van der Waals surface area contributed by atoms with Gasteiger partial charge >= 0.3 is 0 Å². The van der Waals surface area contributed by atoms with Gasteiger partial charge < -0.3 is 9.97 Å². The summed E-state index contributed by atoms with van der Waals surface area (Å²) in [7, 11) is 0. The third kappa shape index (κ3) is 2.61. The minimum absolute atomic E-state index is 0.391. The second-order valence-corrected chi connectivity index (χ2v) is 5.77.